The molecule has 2 aliphatic rings. The van der Waals surface area contributed by atoms with E-state index in [-0.39, 0.29) is 12.4 Å². The van der Waals surface area contributed by atoms with Crippen molar-refractivity contribution in [3.63, 3.8) is 0 Å². The lowest BCUT2D eigenvalue weighted by Gasteiger charge is -2.37. The Labute approximate surface area is 152 Å². The molecule has 1 aliphatic carbocycles. The summed E-state index contributed by atoms with van der Waals surface area (Å²) >= 11 is 0. The third-order valence-corrected chi connectivity index (χ3v) is 6.13. The van der Waals surface area contributed by atoms with Gasteiger partial charge in [-0.3, -0.25) is 0 Å². The smallest absolute Gasteiger partial charge is 0.0130 e. The number of rotatable bonds is 2. The van der Waals surface area contributed by atoms with Crippen LogP contribution in [0.4, 0.5) is 0 Å². The number of hydrogen-bond acceptors (Lipinski definition) is 1. The van der Waals surface area contributed by atoms with E-state index in [9.17, 15) is 0 Å². The van der Waals surface area contributed by atoms with Gasteiger partial charge in [-0.2, -0.15) is 0 Å². The zero-order valence-electron chi connectivity index (χ0n) is 15.0. The molecule has 0 spiro atoms. The van der Waals surface area contributed by atoms with Crippen molar-refractivity contribution < 1.29 is 0 Å². The zero-order chi connectivity index (χ0) is 16.0. The van der Waals surface area contributed by atoms with Crippen LogP contribution in [0.3, 0.4) is 0 Å². The quantitative estimate of drug-likeness (QED) is 0.716. The van der Waals surface area contributed by atoms with Crippen LogP contribution >= 0.6 is 12.4 Å². The van der Waals surface area contributed by atoms with Gasteiger partial charge in [0.05, 0.1) is 0 Å². The minimum absolute atomic E-state index is 0. The lowest BCUT2D eigenvalue weighted by Crippen LogP contribution is -2.38. The van der Waals surface area contributed by atoms with Gasteiger partial charge < -0.3 is 4.90 Å². The number of fused-ring (bicyclic) bond motifs is 3. The molecule has 0 amide bonds. The van der Waals surface area contributed by atoms with Gasteiger partial charge >= 0.3 is 0 Å². The number of aryl methyl sites for hydroxylation is 2. The summed E-state index contributed by atoms with van der Waals surface area (Å²) in [7, 11) is 0. The van der Waals surface area contributed by atoms with E-state index in [1.54, 1.807) is 16.7 Å². The number of hydrogen-bond donors (Lipinski definition) is 0. The van der Waals surface area contributed by atoms with Crippen molar-refractivity contribution in [2.75, 3.05) is 19.6 Å². The number of nitrogens with zero attached hydrogens (tertiary/aromatic N) is 1. The van der Waals surface area contributed by atoms with E-state index in [0.29, 0.717) is 11.8 Å². The van der Waals surface area contributed by atoms with Gasteiger partial charge in [-0.15, -0.1) is 12.4 Å². The minimum Gasteiger partial charge on any atom is -0.303 e. The van der Waals surface area contributed by atoms with Gasteiger partial charge in [0.2, 0.25) is 0 Å². The van der Waals surface area contributed by atoms with E-state index < -0.39 is 0 Å². The van der Waals surface area contributed by atoms with Crippen LogP contribution in [0.15, 0.2) is 42.5 Å². The maximum absolute atomic E-state index is 2.63. The molecule has 1 aliphatic heterocycles. The standard InChI is InChI=1S/C22H27N.ClH/c1-4-23-12-11-19-21(14-23)18-10-9-15(2)13-20(18)22(19)17-8-6-5-7-16(17)3;/h5-10,13,19,21-22H,4,11-12,14H2,1-3H3;1H/t19-,21-,22+;/m1./s1. The molecule has 1 fully saturated rings. The van der Waals surface area contributed by atoms with Crippen LogP contribution in [0.25, 0.3) is 0 Å². The molecule has 2 aromatic rings. The van der Waals surface area contributed by atoms with E-state index in [2.05, 4.69) is 68.1 Å². The van der Waals surface area contributed by atoms with Gasteiger partial charge in [-0.25, -0.2) is 0 Å². The molecule has 2 heteroatoms. The van der Waals surface area contributed by atoms with Crippen molar-refractivity contribution in [3.05, 3.63) is 70.3 Å². The summed E-state index contributed by atoms with van der Waals surface area (Å²) < 4.78 is 0. The average molecular weight is 342 g/mol. The first-order chi connectivity index (χ1) is 11.2. The molecule has 1 nitrogen and oxygen atoms in total. The molecule has 0 N–H and O–H groups in total. The number of benzene rings is 2. The largest absolute Gasteiger partial charge is 0.303 e. The first kappa shape index (κ1) is 17.5. The Bertz CT molecular complexity index is 724. The zero-order valence-corrected chi connectivity index (χ0v) is 15.8. The molecule has 3 atom stereocenters. The molecular weight excluding hydrogens is 314 g/mol. The molecule has 2 aromatic carbocycles. The Morgan fingerprint density at radius 2 is 1.79 bits per heavy atom. The normalized spacial score (nSPS) is 25.7. The molecule has 1 saturated heterocycles. The van der Waals surface area contributed by atoms with E-state index in [1.165, 1.54) is 37.2 Å². The van der Waals surface area contributed by atoms with E-state index in [4.69, 9.17) is 0 Å². The van der Waals surface area contributed by atoms with Crippen molar-refractivity contribution in [1.82, 2.24) is 4.90 Å². The Morgan fingerprint density at radius 3 is 2.54 bits per heavy atom. The number of likely N-dealkylation sites (N-methyl/N-ethyl adjacent to an activating group) is 1. The summed E-state index contributed by atoms with van der Waals surface area (Å²) in [5, 5.41) is 0. The van der Waals surface area contributed by atoms with Gasteiger partial charge in [0.15, 0.2) is 0 Å². The summed E-state index contributed by atoms with van der Waals surface area (Å²) in [6.07, 6.45) is 1.32. The third kappa shape index (κ3) is 2.78. The van der Waals surface area contributed by atoms with Gasteiger partial charge in [0.25, 0.3) is 0 Å². The summed E-state index contributed by atoms with van der Waals surface area (Å²) in [5.74, 6) is 2.08. The second-order valence-electron chi connectivity index (χ2n) is 7.42. The molecule has 1 heterocycles. The topological polar surface area (TPSA) is 3.24 Å². The second kappa shape index (κ2) is 6.90. The third-order valence-electron chi connectivity index (χ3n) is 6.13. The van der Waals surface area contributed by atoms with Gasteiger partial charge in [0.1, 0.15) is 0 Å². The molecule has 0 radical (unpaired) electrons. The molecule has 0 saturated carbocycles. The molecular formula is C22H28ClN. The predicted octanol–water partition coefficient (Wildman–Crippen LogP) is 5.30. The first-order valence-electron chi connectivity index (χ1n) is 9.07. The number of likely N-dealkylation sites (tertiary alicyclic amines) is 1. The predicted molar refractivity (Wildman–Crippen MR) is 104 cm³/mol. The monoisotopic (exact) mass is 341 g/mol. The summed E-state index contributed by atoms with van der Waals surface area (Å²) in [5.41, 5.74) is 7.62. The summed E-state index contributed by atoms with van der Waals surface area (Å²) in [4.78, 5) is 2.63. The van der Waals surface area contributed by atoms with Crippen molar-refractivity contribution in [3.8, 4) is 0 Å². The van der Waals surface area contributed by atoms with Crippen LogP contribution in [0.1, 0.15) is 53.0 Å². The SMILES string of the molecule is CCN1CC[C@H]2[C@H](c3ccccc3C)c3cc(C)ccc3[C@H]2C1.Cl. The highest BCUT2D eigenvalue weighted by Crippen LogP contribution is 2.53. The Kier molecular flexibility index (Phi) is 5.03. The first-order valence-corrected chi connectivity index (χ1v) is 9.07. The average Bonchev–Trinajstić information content (AvgIpc) is 2.88. The highest BCUT2D eigenvalue weighted by atomic mass is 35.5. The Balaban J connectivity index is 0.00000169. The molecule has 0 bridgehead atoms. The van der Waals surface area contributed by atoms with Crippen LogP contribution in [-0.4, -0.2) is 24.5 Å². The fourth-order valence-corrected chi connectivity index (χ4v) is 4.92. The fraction of sp³-hybridized carbons (Fsp3) is 0.455. The van der Waals surface area contributed by atoms with Crippen molar-refractivity contribution in [2.24, 2.45) is 5.92 Å². The van der Waals surface area contributed by atoms with Gasteiger partial charge in [-0.1, -0.05) is 55.0 Å². The van der Waals surface area contributed by atoms with Crippen LogP contribution in [0, 0.1) is 19.8 Å². The van der Waals surface area contributed by atoms with E-state index in [0.717, 1.165) is 5.92 Å². The molecule has 0 aromatic heterocycles. The van der Waals surface area contributed by atoms with Crippen molar-refractivity contribution >= 4 is 12.4 Å². The van der Waals surface area contributed by atoms with Crippen LogP contribution < -0.4 is 0 Å². The molecule has 4 rings (SSSR count). The summed E-state index contributed by atoms with van der Waals surface area (Å²) in [6, 6.07) is 16.2. The molecule has 24 heavy (non-hydrogen) atoms. The Hall–Kier alpha value is -1.31. The minimum atomic E-state index is 0. The van der Waals surface area contributed by atoms with Crippen molar-refractivity contribution in [2.45, 2.75) is 39.0 Å². The molecule has 128 valence electrons. The number of halogens is 1. The van der Waals surface area contributed by atoms with Gasteiger partial charge in [-0.05, 0) is 61.5 Å². The maximum Gasteiger partial charge on any atom is 0.0130 e. The van der Waals surface area contributed by atoms with Crippen LogP contribution in [-0.2, 0) is 0 Å². The van der Waals surface area contributed by atoms with Crippen LogP contribution in [0.2, 0.25) is 0 Å². The summed E-state index contributed by atoms with van der Waals surface area (Å²) in [6.45, 7) is 10.5. The second-order valence-corrected chi connectivity index (χ2v) is 7.42. The van der Waals surface area contributed by atoms with E-state index in [1.807, 2.05) is 0 Å². The van der Waals surface area contributed by atoms with E-state index >= 15 is 0 Å². The Morgan fingerprint density at radius 1 is 1.00 bits per heavy atom. The lowest BCUT2D eigenvalue weighted by atomic mass is 9.77. The number of piperidine rings is 1. The van der Waals surface area contributed by atoms with Crippen molar-refractivity contribution in [1.29, 1.82) is 0 Å². The fourth-order valence-electron chi connectivity index (χ4n) is 4.92. The van der Waals surface area contributed by atoms with Crippen LogP contribution in [0.5, 0.6) is 0 Å². The molecule has 0 unspecified atom stereocenters. The maximum atomic E-state index is 2.63. The highest BCUT2D eigenvalue weighted by Gasteiger charge is 2.44. The van der Waals surface area contributed by atoms with Gasteiger partial charge in [0, 0.05) is 18.4 Å². The highest BCUT2D eigenvalue weighted by molar-refractivity contribution is 5.85. The lowest BCUT2D eigenvalue weighted by molar-refractivity contribution is 0.167.